The molecule has 1 N–H and O–H groups in total. The van der Waals surface area contributed by atoms with Gasteiger partial charge in [0.2, 0.25) is 10.0 Å². The zero-order valence-corrected chi connectivity index (χ0v) is 12.0. The summed E-state index contributed by atoms with van der Waals surface area (Å²) in [5.41, 5.74) is 0.0714. The standard InChI is InChI=1S/C12H17N3O4S/c1-10-8-13-6-7-14(10)20(18,19)9-11-4-2-3-5-12(11)15(16)17/h2-5,10,13H,6-9H2,1H3/t10-/m1/s1. The van der Waals surface area contributed by atoms with Gasteiger partial charge in [-0.15, -0.1) is 0 Å². The molecule has 0 spiro atoms. The van der Waals surface area contributed by atoms with Gasteiger partial charge in [0.15, 0.2) is 0 Å². The first-order valence-corrected chi connectivity index (χ1v) is 7.95. The molecule has 0 saturated carbocycles. The summed E-state index contributed by atoms with van der Waals surface area (Å²) in [6.45, 7) is 3.41. The molecule has 0 amide bonds. The number of rotatable bonds is 4. The Bertz CT molecular complexity index is 602. The number of para-hydroxylation sites is 1. The summed E-state index contributed by atoms with van der Waals surface area (Å²) in [6.07, 6.45) is 0. The van der Waals surface area contributed by atoms with Crippen molar-refractivity contribution < 1.29 is 13.3 Å². The van der Waals surface area contributed by atoms with Crippen LogP contribution >= 0.6 is 0 Å². The molecule has 8 heteroatoms. The number of nitro benzene ring substituents is 1. The second-order valence-electron chi connectivity index (χ2n) is 4.81. The number of hydrogen-bond acceptors (Lipinski definition) is 5. The molecule has 0 radical (unpaired) electrons. The Hall–Kier alpha value is -1.51. The molecule has 0 bridgehead atoms. The fraction of sp³-hybridized carbons (Fsp3) is 0.500. The summed E-state index contributed by atoms with van der Waals surface area (Å²) < 4.78 is 26.2. The van der Waals surface area contributed by atoms with Gasteiger partial charge < -0.3 is 5.32 Å². The van der Waals surface area contributed by atoms with Gasteiger partial charge in [0.05, 0.1) is 10.7 Å². The first-order valence-electron chi connectivity index (χ1n) is 6.34. The van der Waals surface area contributed by atoms with Crippen LogP contribution < -0.4 is 5.32 Å². The highest BCUT2D eigenvalue weighted by atomic mass is 32.2. The number of nitrogens with zero attached hydrogens (tertiary/aromatic N) is 2. The van der Waals surface area contributed by atoms with Crippen molar-refractivity contribution in [3.63, 3.8) is 0 Å². The van der Waals surface area contributed by atoms with E-state index in [4.69, 9.17) is 0 Å². The van der Waals surface area contributed by atoms with Crippen molar-refractivity contribution in [2.24, 2.45) is 0 Å². The van der Waals surface area contributed by atoms with Crippen molar-refractivity contribution in [1.29, 1.82) is 0 Å². The van der Waals surface area contributed by atoms with Crippen molar-refractivity contribution in [1.82, 2.24) is 9.62 Å². The minimum absolute atomic E-state index is 0.142. The van der Waals surface area contributed by atoms with E-state index in [0.717, 1.165) is 0 Å². The lowest BCUT2D eigenvalue weighted by Gasteiger charge is -2.32. The minimum Gasteiger partial charge on any atom is -0.314 e. The highest BCUT2D eigenvalue weighted by Gasteiger charge is 2.31. The lowest BCUT2D eigenvalue weighted by atomic mass is 10.2. The maximum Gasteiger partial charge on any atom is 0.273 e. The van der Waals surface area contributed by atoms with Gasteiger partial charge in [0.1, 0.15) is 0 Å². The maximum absolute atomic E-state index is 12.4. The molecule has 1 aromatic carbocycles. The van der Waals surface area contributed by atoms with Crippen molar-refractivity contribution in [3.05, 3.63) is 39.9 Å². The van der Waals surface area contributed by atoms with Crippen LogP contribution in [0.25, 0.3) is 0 Å². The molecule has 0 unspecified atom stereocenters. The van der Waals surface area contributed by atoms with Crippen LogP contribution in [0.15, 0.2) is 24.3 Å². The van der Waals surface area contributed by atoms with E-state index in [1.807, 2.05) is 6.92 Å². The van der Waals surface area contributed by atoms with Gasteiger partial charge in [0, 0.05) is 37.3 Å². The molecule has 110 valence electrons. The number of piperazine rings is 1. The quantitative estimate of drug-likeness (QED) is 0.653. The van der Waals surface area contributed by atoms with Gasteiger partial charge in [-0.05, 0) is 6.92 Å². The van der Waals surface area contributed by atoms with Crippen molar-refractivity contribution in [2.75, 3.05) is 19.6 Å². The molecular weight excluding hydrogens is 282 g/mol. The normalized spacial score (nSPS) is 20.8. The monoisotopic (exact) mass is 299 g/mol. The molecule has 0 aliphatic carbocycles. The lowest BCUT2D eigenvalue weighted by molar-refractivity contribution is -0.385. The molecule has 1 aliphatic rings. The first-order chi connectivity index (χ1) is 9.42. The van der Waals surface area contributed by atoms with Gasteiger partial charge in [0.25, 0.3) is 5.69 Å². The Morgan fingerprint density at radius 3 is 2.80 bits per heavy atom. The van der Waals surface area contributed by atoms with Gasteiger partial charge in [-0.25, -0.2) is 8.42 Å². The fourth-order valence-electron chi connectivity index (χ4n) is 2.33. The second kappa shape index (κ2) is 5.86. The van der Waals surface area contributed by atoms with E-state index in [1.54, 1.807) is 6.07 Å². The fourth-order valence-corrected chi connectivity index (χ4v) is 4.12. The number of nitro groups is 1. The molecule has 1 saturated heterocycles. The van der Waals surface area contributed by atoms with E-state index < -0.39 is 14.9 Å². The molecule has 2 rings (SSSR count). The Kier molecular flexibility index (Phi) is 4.36. The van der Waals surface area contributed by atoms with Crippen molar-refractivity contribution in [3.8, 4) is 0 Å². The Balaban J connectivity index is 2.26. The third kappa shape index (κ3) is 3.14. The van der Waals surface area contributed by atoms with E-state index in [-0.39, 0.29) is 23.0 Å². The predicted molar refractivity (Wildman–Crippen MR) is 74.8 cm³/mol. The van der Waals surface area contributed by atoms with Crippen LogP contribution in [0.2, 0.25) is 0 Å². The Morgan fingerprint density at radius 1 is 1.45 bits per heavy atom. The number of hydrogen-bond donors (Lipinski definition) is 1. The van der Waals surface area contributed by atoms with Gasteiger partial charge in [-0.3, -0.25) is 10.1 Å². The smallest absolute Gasteiger partial charge is 0.273 e. The van der Waals surface area contributed by atoms with Crippen LogP contribution in [-0.4, -0.2) is 43.3 Å². The zero-order valence-electron chi connectivity index (χ0n) is 11.2. The topological polar surface area (TPSA) is 92.6 Å². The second-order valence-corrected chi connectivity index (χ2v) is 6.73. The highest BCUT2D eigenvalue weighted by Crippen LogP contribution is 2.22. The van der Waals surface area contributed by atoms with Crippen LogP contribution in [0.3, 0.4) is 0 Å². The van der Waals surface area contributed by atoms with E-state index in [1.165, 1.54) is 22.5 Å². The SMILES string of the molecule is C[C@@H]1CNCCN1S(=O)(=O)Cc1ccccc1[N+](=O)[O-]. The van der Waals surface area contributed by atoms with Gasteiger partial charge in [-0.1, -0.05) is 18.2 Å². The van der Waals surface area contributed by atoms with E-state index in [2.05, 4.69) is 5.32 Å². The van der Waals surface area contributed by atoms with E-state index in [9.17, 15) is 18.5 Å². The first kappa shape index (κ1) is 14.9. The van der Waals surface area contributed by atoms with Crippen LogP contribution in [0.4, 0.5) is 5.69 Å². The third-order valence-electron chi connectivity index (χ3n) is 3.32. The molecule has 7 nitrogen and oxygen atoms in total. The van der Waals surface area contributed by atoms with Crippen LogP contribution in [-0.2, 0) is 15.8 Å². The molecule has 1 fully saturated rings. The number of sulfonamides is 1. The predicted octanol–water partition coefficient (Wildman–Crippen LogP) is 0.718. The summed E-state index contributed by atoms with van der Waals surface area (Å²) >= 11 is 0. The molecule has 0 aromatic heterocycles. The maximum atomic E-state index is 12.4. The summed E-state index contributed by atoms with van der Waals surface area (Å²) in [5.74, 6) is -0.339. The summed E-state index contributed by atoms with van der Waals surface area (Å²) in [6, 6.07) is 5.81. The third-order valence-corrected chi connectivity index (χ3v) is 5.26. The van der Waals surface area contributed by atoms with Crippen molar-refractivity contribution in [2.45, 2.75) is 18.7 Å². The molecule has 1 heterocycles. The zero-order chi connectivity index (χ0) is 14.8. The van der Waals surface area contributed by atoms with Crippen LogP contribution in [0.5, 0.6) is 0 Å². The van der Waals surface area contributed by atoms with Gasteiger partial charge >= 0.3 is 0 Å². The van der Waals surface area contributed by atoms with Gasteiger partial charge in [-0.2, -0.15) is 4.31 Å². The number of nitrogens with one attached hydrogen (secondary N) is 1. The molecule has 1 aromatic rings. The highest BCUT2D eigenvalue weighted by molar-refractivity contribution is 7.88. The van der Waals surface area contributed by atoms with Crippen molar-refractivity contribution >= 4 is 15.7 Å². The summed E-state index contributed by atoms with van der Waals surface area (Å²) in [4.78, 5) is 10.4. The summed E-state index contributed by atoms with van der Waals surface area (Å²) in [7, 11) is -3.55. The molecule has 1 aliphatic heterocycles. The molecule has 1 atom stereocenters. The average molecular weight is 299 g/mol. The molecular formula is C12H17N3O4S. The summed E-state index contributed by atoms with van der Waals surface area (Å²) in [5, 5.41) is 14.1. The molecule has 20 heavy (non-hydrogen) atoms. The minimum atomic E-state index is -3.55. The Morgan fingerprint density at radius 2 is 2.15 bits per heavy atom. The Labute approximate surface area is 117 Å². The lowest BCUT2D eigenvalue weighted by Crippen LogP contribution is -2.52. The van der Waals surface area contributed by atoms with Crippen LogP contribution in [0.1, 0.15) is 12.5 Å². The number of benzene rings is 1. The van der Waals surface area contributed by atoms with E-state index >= 15 is 0 Å². The average Bonchev–Trinajstić information content (AvgIpc) is 2.39. The largest absolute Gasteiger partial charge is 0.314 e. The van der Waals surface area contributed by atoms with E-state index in [0.29, 0.717) is 19.6 Å². The van der Waals surface area contributed by atoms with Crippen LogP contribution in [0, 0.1) is 10.1 Å².